The van der Waals surface area contributed by atoms with E-state index >= 15 is 0 Å². The van der Waals surface area contributed by atoms with Crippen LogP contribution in [0.4, 0.5) is 0 Å². The largest absolute Gasteiger partial charge is 0.383 e. The summed E-state index contributed by atoms with van der Waals surface area (Å²) in [6, 6.07) is 7.11. The van der Waals surface area contributed by atoms with E-state index in [1.54, 1.807) is 18.2 Å². The molecule has 1 N–H and O–H groups in total. The van der Waals surface area contributed by atoms with Gasteiger partial charge in [-0.05, 0) is 40.2 Å². The van der Waals surface area contributed by atoms with Gasteiger partial charge in [-0.2, -0.15) is 0 Å². The van der Waals surface area contributed by atoms with Crippen molar-refractivity contribution in [3.63, 3.8) is 0 Å². The van der Waals surface area contributed by atoms with Gasteiger partial charge in [-0.15, -0.1) is 11.3 Å². The molecule has 0 aliphatic heterocycles. The Hall–Kier alpha value is 0.420. The van der Waals surface area contributed by atoms with Crippen LogP contribution in [0.25, 0.3) is 0 Å². The van der Waals surface area contributed by atoms with Crippen molar-refractivity contribution in [2.45, 2.75) is 6.10 Å². The Morgan fingerprint density at radius 3 is 2.41 bits per heavy atom. The van der Waals surface area contributed by atoms with Crippen molar-refractivity contribution in [2.75, 3.05) is 0 Å². The molecule has 0 aliphatic rings. The van der Waals surface area contributed by atoms with E-state index in [0.717, 1.165) is 13.1 Å². The first-order valence-corrected chi connectivity index (χ1v) is 7.72. The van der Waals surface area contributed by atoms with Crippen LogP contribution in [-0.2, 0) is 0 Å². The smallest absolute Gasteiger partial charge is 0.115 e. The van der Waals surface area contributed by atoms with Crippen molar-refractivity contribution in [3.05, 3.63) is 53.0 Å². The first-order chi connectivity index (χ1) is 7.99. The predicted octanol–water partition coefficient (Wildman–Crippen LogP) is 5.66. The molecule has 1 heterocycles. The maximum absolute atomic E-state index is 10.3. The monoisotopic (exact) mass is 414 g/mol. The summed E-state index contributed by atoms with van der Waals surface area (Å²) < 4.78 is 1.68. The molecule has 0 radical (unpaired) electrons. The second kappa shape index (κ2) is 5.59. The number of hydrogen-bond donors (Lipinski definition) is 1. The van der Waals surface area contributed by atoms with Gasteiger partial charge in [0, 0.05) is 19.9 Å². The average Bonchev–Trinajstić information content (AvgIpc) is 2.62. The van der Waals surface area contributed by atoms with E-state index in [0.29, 0.717) is 15.6 Å². The molecule has 1 aromatic heterocycles. The molecule has 0 aliphatic carbocycles. The Balaban J connectivity index is 2.42. The molecule has 0 saturated carbocycles. The first kappa shape index (κ1) is 13.8. The number of benzene rings is 1. The van der Waals surface area contributed by atoms with Crippen LogP contribution in [0.3, 0.4) is 0 Å². The number of halogens is 4. The van der Waals surface area contributed by atoms with Crippen LogP contribution >= 0.6 is 66.4 Å². The molecule has 0 amide bonds. The molecule has 1 nitrogen and oxygen atoms in total. The summed E-state index contributed by atoms with van der Waals surface area (Å²) >= 11 is 20.1. The van der Waals surface area contributed by atoms with Gasteiger partial charge in [0.05, 0.1) is 8.81 Å². The normalized spacial score (nSPS) is 12.8. The average molecular weight is 417 g/mol. The van der Waals surface area contributed by atoms with Crippen molar-refractivity contribution in [2.24, 2.45) is 0 Å². The zero-order valence-corrected chi connectivity index (χ0v) is 13.8. The third-order valence-corrected chi connectivity index (χ3v) is 5.55. The molecular formula is C11H6Br2Cl2OS. The standard InChI is InChI=1S/C11H6Br2Cl2OS/c12-5-1-2-7(14)6(3-5)10(16)9-4-8(15)11(13)17-9/h1-4,10,16H. The third-order valence-electron chi connectivity index (χ3n) is 2.19. The molecule has 1 aromatic carbocycles. The van der Waals surface area contributed by atoms with Crippen LogP contribution in [0.1, 0.15) is 16.5 Å². The van der Waals surface area contributed by atoms with Crippen LogP contribution < -0.4 is 0 Å². The molecule has 90 valence electrons. The summed E-state index contributed by atoms with van der Waals surface area (Å²) in [5, 5.41) is 11.4. The molecular weight excluding hydrogens is 411 g/mol. The fourth-order valence-electron chi connectivity index (χ4n) is 1.38. The predicted molar refractivity (Wildman–Crippen MR) is 80.2 cm³/mol. The Kier molecular flexibility index (Phi) is 4.55. The van der Waals surface area contributed by atoms with E-state index in [-0.39, 0.29) is 0 Å². The Labute approximate surface area is 130 Å². The maximum atomic E-state index is 10.3. The molecule has 0 spiro atoms. The van der Waals surface area contributed by atoms with Gasteiger partial charge in [0.25, 0.3) is 0 Å². The Morgan fingerprint density at radius 1 is 1.12 bits per heavy atom. The van der Waals surface area contributed by atoms with Crippen LogP contribution in [-0.4, -0.2) is 5.11 Å². The van der Waals surface area contributed by atoms with E-state index < -0.39 is 6.10 Å². The van der Waals surface area contributed by atoms with Crippen molar-refractivity contribution < 1.29 is 5.11 Å². The summed E-state index contributed by atoms with van der Waals surface area (Å²) in [4.78, 5) is 0.752. The Bertz CT molecular complexity index is 537. The molecule has 0 bridgehead atoms. The highest BCUT2D eigenvalue weighted by Crippen LogP contribution is 2.39. The molecule has 1 unspecified atom stereocenters. The van der Waals surface area contributed by atoms with Crippen LogP contribution in [0.15, 0.2) is 32.5 Å². The molecule has 2 rings (SSSR count). The van der Waals surface area contributed by atoms with Gasteiger partial charge in [-0.25, -0.2) is 0 Å². The van der Waals surface area contributed by atoms with E-state index in [9.17, 15) is 5.11 Å². The highest BCUT2D eigenvalue weighted by atomic mass is 79.9. The van der Waals surface area contributed by atoms with Gasteiger partial charge in [0.15, 0.2) is 0 Å². The fraction of sp³-hybridized carbons (Fsp3) is 0.0909. The zero-order chi connectivity index (χ0) is 12.6. The van der Waals surface area contributed by atoms with Crippen LogP contribution in [0.5, 0.6) is 0 Å². The number of thiophene rings is 1. The van der Waals surface area contributed by atoms with Crippen molar-refractivity contribution >= 4 is 66.4 Å². The summed E-state index contributed by atoms with van der Waals surface area (Å²) in [6.07, 6.45) is -0.770. The fourth-order valence-corrected chi connectivity index (χ4v) is 3.73. The molecule has 2 aromatic rings. The van der Waals surface area contributed by atoms with E-state index in [4.69, 9.17) is 23.2 Å². The molecule has 0 fully saturated rings. The Morgan fingerprint density at radius 2 is 1.82 bits per heavy atom. The minimum Gasteiger partial charge on any atom is -0.383 e. The van der Waals surface area contributed by atoms with Crippen molar-refractivity contribution in [1.82, 2.24) is 0 Å². The zero-order valence-electron chi connectivity index (χ0n) is 8.25. The van der Waals surface area contributed by atoms with E-state index in [1.165, 1.54) is 11.3 Å². The van der Waals surface area contributed by atoms with Gasteiger partial charge >= 0.3 is 0 Å². The SMILES string of the molecule is OC(c1cc(Cl)c(Br)s1)c1cc(Br)ccc1Cl. The highest BCUT2D eigenvalue weighted by Gasteiger charge is 2.18. The lowest BCUT2D eigenvalue weighted by Crippen LogP contribution is -1.97. The molecule has 17 heavy (non-hydrogen) atoms. The summed E-state index contributed by atoms with van der Waals surface area (Å²) in [7, 11) is 0. The minimum absolute atomic E-state index is 0.529. The first-order valence-electron chi connectivity index (χ1n) is 4.57. The lowest BCUT2D eigenvalue weighted by Gasteiger charge is -2.11. The number of aliphatic hydroxyl groups excluding tert-OH is 1. The van der Waals surface area contributed by atoms with Crippen molar-refractivity contribution in [1.29, 1.82) is 0 Å². The van der Waals surface area contributed by atoms with E-state index in [2.05, 4.69) is 31.9 Å². The van der Waals surface area contributed by atoms with Gasteiger partial charge in [0.1, 0.15) is 6.10 Å². The number of aliphatic hydroxyl groups is 1. The quantitative estimate of drug-likeness (QED) is 0.669. The maximum Gasteiger partial charge on any atom is 0.115 e. The lowest BCUT2D eigenvalue weighted by atomic mass is 10.1. The van der Waals surface area contributed by atoms with Gasteiger partial charge in [-0.3, -0.25) is 0 Å². The molecule has 6 heteroatoms. The highest BCUT2D eigenvalue weighted by molar-refractivity contribution is 9.11. The summed E-state index contributed by atoms with van der Waals surface area (Å²) in [5.74, 6) is 0. The van der Waals surface area contributed by atoms with Crippen molar-refractivity contribution in [3.8, 4) is 0 Å². The van der Waals surface area contributed by atoms with Crippen LogP contribution in [0.2, 0.25) is 10.0 Å². The summed E-state index contributed by atoms with van der Waals surface area (Å²) in [5.41, 5.74) is 0.659. The second-order valence-corrected chi connectivity index (χ2v) is 7.47. The molecule has 1 atom stereocenters. The molecule has 0 saturated heterocycles. The minimum atomic E-state index is -0.770. The van der Waals surface area contributed by atoms with Crippen LogP contribution in [0, 0.1) is 0 Å². The summed E-state index contributed by atoms with van der Waals surface area (Å²) in [6.45, 7) is 0. The second-order valence-electron chi connectivity index (χ2n) is 3.34. The third kappa shape index (κ3) is 3.06. The van der Waals surface area contributed by atoms with Gasteiger partial charge in [-0.1, -0.05) is 39.1 Å². The number of hydrogen-bond acceptors (Lipinski definition) is 2. The van der Waals surface area contributed by atoms with Gasteiger partial charge < -0.3 is 5.11 Å². The topological polar surface area (TPSA) is 20.2 Å². The lowest BCUT2D eigenvalue weighted by molar-refractivity contribution is 0.224. The van der Waals surface area contributed by atoms with E-state index in [1.807, 2.05) is 6.07 Å². The van der Waals surface area contributed by atoms with Gasteiger partial charge in [0.2, 0.25) is 0 Å². The number of rotatable bonds is 2.